The summed E-state index contributed by atoms with van der Waals surface area (Å²) in [6.07, 6.45) is 0.123. The van der Waals surface area contributed by atoms with Gasteiger partial charge in [-0.25, -0.2) is 0 Å². The number of nitrogens with one attached hydrogen (secondary N) is 2. The predicted molar refractivity (Wildman–Crippen MR) is 123 cm³/mol. The predicted octanol–water partition coefficient (Wildman–Crippen LogP) is 6.14. The molecule has 0 saturated carbocycles. The van der Waals surface area contributed by atoms with Gasteiger partial charge >= 0.3 is 6.18 Å². The van der Waals surface area contributed by atoms with Crippen LogP contribution >= 0.6 is 35.4 Å². The lowest BCUT2D eigenvalue weighted by atomic mass is 10.1. The monoisotopic (exact) mass is 487 g/mol. The van der Waals surface area contributed by atoms with Gasteiger partial charge in [-0.05, 0) is 67.0 Å². The van der Waals surface area contributed by atoms with Crippen molar-refractivity contribution >= 4 is 63.9 Å². The van der Waals surface area contributed by atoms with Crippen LogP contribution in [0.25, 0.3) is 6.08 Å². The van der Waals surface area contributed by atoms with E-state index in [0.29, 0.717) is 21.3 Å². The zero-order chi connectivity index (χ0) is 22.6. The van der Waals surface area contributed by atoms with Gasteiger partial charge in [-0.2, -0.15) is 13.2 Å². The summed E-state index contributed by atoms with van der Waals surface area (Å²) in [5.74, 6) is -0.557. The molecule has 1 amide bonds. The summed E-state index contributed by atoms with van der Waals surface area (Å²) in [5.41, 5.74) is 0.566. The summed E-state index contributed by atoms with van der Waals surface area (Å²) >= 11 is 17.0. The molecule has 0 aromatic heterocycles. The molecule has 1 saturated heterocycles. The Balaban J connectivity index is 1.72. The van der Waals surface area contributed by atoms with Crippen molar-refractivity contribution in [2.45, 2.75) is 19.0 Å². The van der Waals surface area contributed by atoms with Gasteiger partial charge in [0.15, 0.2) is 5.11 Å². The average molecular weight is 488 g/mol. The van der Waals surface area contributed by atoms with Crippen LogP contribution in [0, 0.1) is 0 Å². The minimum Gasteiger partial charge on any atom is -0.370 e. The largest absolute Gasteiger partial charge is 0.416 e. The summed E-state index contributed by atoms with van der Waals surface area (Å²) < 4.78 is 39.5. The summed E-state index contributed by atoms with van der Waals surface area (Å²) in [6.45, 7) is 1.48. The second kappa shape index (κ2) is 9.89. The van der Waals surface area contributed by atoms with Gasteiger partial charge in [0.2, 0.25) is 5.91 Å². The first kappa shape index (κ1) is 23.4. The first-order valence-corrected chi connectivity index (χ1v) is 10.5. The van der Waals surface area contributed by atoms with Gasteiger partial charge in [0.25, 0.3) is 0 Å². The van der Waals surface area contributed by atoms with Crippen molar-refractivity contribution in [2.24, 2.45) is 0 Å². The van der Waals surface area contributed by atoms with Crippen LogP contribution in [0.1, 0.15) is 24.0 Å². The van der Waals surface area contributed by atoms with E-state index in [-0.39, 0.29) is 10.8 Å². The standard InChI is InChI=1S/C21H18Cl2F3N3OS/c22-15-6-3-13(16(23)12-15)4-8-19(30)28-20(31)27-17-11-14(21(24,25)26)5-7-18(17)29-9-1-2-10-29/h3-8,11-12H,1-2,9-10H2,(H2,27,28,30,31)/b8-4+. The van der Waals surface area contributed by atoms with Crippen LogP contribution in [0.2, 0.25) is 10.0 Å². The highest BCUT2D eigenvalue weighted by atomic mass is 35.5. The molecule has 2 aromatic carbocycles. The Kier molecular flexibility index (Phi) is 7.46. The Morgan fingerprint density at radius 2 is 1.81 bits per heavy atom. The van der Waals surface area contributed by atoms with Crippen molar-refractivity contribution in [1.82, 2.24) is 5.32 Å². The van der Waals surface area contributed by atoms with Gasteiger partial charge in [0, 0.05) is 29.2 Å². The van der Waals surface area contributed by atoms with E-state index >= 15 is 0 Å². The van der Waals surface area contributed by atoms with Crippen molar-refractivity contribution in [1.29, 1.82) is 0 Å². The Labute approximate surface area is 193 Å². The highest BCUT2D eigenvalue weighted by Crippen LogP contribution is 2.36. The van der Waals surface area contributed by atoms with Crippen LogP contribution in [0.3, 0.4) is 0 Å². The van der Waals surface area contributed by atoms with Crippen LogP contribution in [0.5, 0.6) is 0 Å². The zero-order valence-electron chi connectivity index (χ0n) is 16.1. The first-order valence-electron chi connectivity index (χ1n) is 9.35. The molecular weight excluding hydrogens is 470 g/mol. The summed E-state index contributed by atoms with van der Waals surface area (Å²) in [6, 6.07) is 8.28. The number of rotatable bonds is 4. The molecule has 10 heteroatoms. The second-order valence-electron chi connectivity index (χ2n) is 6.87. The number of hydrogen-bond donors (Lipinski definition) is 2. The van der Waals surface area contributed by atoms with E-state index in [2.05, 4.69) is 10.6 Å². The molecule has 31 heavy (non-hydrogen) atoms. The van der Waals surface area contributed by atoms with Gasteiger partial charge in [0.1, 0.15) is 0 Å². The molecule has 3 rings (SSSR count). The molecule has 1 aliphatic heterocycles. The zero-order valence-corrected chi connectivity index (χ0v) is 18.4. The topological polar surface area (TPSA) is 44.4 Å². The number of carbonyl (C=O) groups excluding carboxylic acids is 1. The molecule has 1 fully saturated rings. The minimum absolute atomic E-state index is 0.114. The fraction of sp³-hybridized carbons (Fsp3) is 0.238. The van der Waals surface area contributed by atoms with Crippen LogP contribution in [0.15, 0.2) is 42.5 Å². The van der Waals surface area contributed by atoms with Crippen molar-refractivity contribution in [3.05, 3.63) is 63.6 Å². The van der Waals surface area contributed by atoms with Crippen LogP contribution in [-0.4, -0.2) is 24.1 Å². The fourth-order valence-corrected chi connectivity index (χ4v) is 3.84. The molecule has 1 heterocycles. The van der Waals surface area contributed by atoms with Gasteiger partial charge in [-0.15, -0.1) is 0 Å². The minimum atomic E-state index is -4.49. The summed E-state index contributed by atoms with van der Waals surface area (Å²) in [4.78, 5) is 14.2. The number of thiocarbonyl (C=S) groups is 1. The van der Waals surface area contributed by atoms with Gasteiger partial charge in [0.05, 0.1) is 16.9 Å². The van der Waals surface area contributed by atoms with E-state index in [1.807, 2.05) is 4.90 Å². The molecule has 0 aliphatic carbocycles. The maximum atomic E-state index is 13.2. The number of amides is 1. The number of anilines is 2. The Hall–Kier alpha value is -2.29. The quantitative estimate of drug-likeness (QED) is 0.401. The number of alkyl halides is 3. The maximum absolute atomic E-state index is 13.2. The van der Waals surface area contributed by atoms with Crippen LogP contribution in [-0.2, 0) is 11.0 Å². The van der Waals surface area contributed by atoms with E-state index in [1.54, 1.807) is 18.2 Å². The van der Waals surface area contributed by atoms with E-state index in [9.17, 15) is 18.0 Å². The third kappa shape index (κ3) is 6.35. The van der Waals surface area contributed by atoms with Gasteiger partial charge in [-0.3, -0.25) is 10.1 Å². The van der Waals surface area contributed by atoms with Crippen molar-refractivity contribution in [3.8, 4) is 0 Å². The second-order valence-corrected chi connectivity index (χ2v) is 8.12. The number of benzene rings is 2. The SMILES string of the molecule is O=C(/C=C/c1ccc(Cl)cc1Cl)NC(=S)Nc1cc(C(F)(F)F)ccc1N1CCCC1. The van der Waals surface area contributed by atoms with Gasteiger partial charge in [-0.1, -0.05) is 29.3 Å². The van der Waals surface area contributed by atoms with E-state index in [1.165, 1.54) is 18.2 Å². The fourth-order valence-electron chi connectivity index (χ4n) is 3.16. The van der Waals surface area contributed by atoms with Gasteiger partial charge < -0.3 is 10.2 Å². The number of hydrogen-bond acceptors (Lipinski definition) is 3. The van der Waals surface area contributed by atoms with E-state index in [4.69, 9.17) is 35.4 Å². The smallest absolute Gasteiger partial charge is 0.370 e. The molecule has 0 spiro atoms. The maximum Gasteiger partial charge on any atom is 0.416 e. The molecule has 4 nitrogen and oxygen atoms in total. The molecule has 164 valence electrons. The van der Waals surface area contributed by atoms with E-state index in [0.717, 1.165) is 38.1 Å². The number of carbonyl (C=O) groups is 1. The van der Waals surface area contributed by atoms with E-state index < -0.39 is 17.6 Å². The summed E-state index contributed by atoms with van der Waals surface area (Å²) in [7, 11) is 0. The highest BCUT2D eigenvalue weighted by molar-refractivity contribution is 7.80. The number of nitrogens with zero attached hydrogens (tertiary/aromatic N) is 1. The molecule has 2 aromatic rings. The average Bonchev–Trinajstić information content (AvgIpc) is 3.21. The molecule has 2 N–H and O–H groups in total. The van der Waals surface area contributed by atoms with Crippen LogP contribution in [0.4, 0.5) is 24.5 Å². The lowest BCUT2D eigenvalue weighted by Gasteiger charge is -2.23. The molecule has 0 bridgehead atoms. The van der Waals surface area contributed by atoms with Crippen molar-refractivity contribution < 1.29 is 18.0 Å². The molecule has 0 radical (unpaired) electrons. The normalized spacial score (nSPS) is 14.2. The Morgan fingerprint density at radius 1 is 1.10 bits per heavy atom. The lowest BCUT2D eigenvalue weighted by molar-refractivity contribution is -0.137. The van der Waals surface area contributed by atoms with Crippen molar-refractivity contribution in [2.75, 3.05) is 23.3 Å². The third-order valence-corrected chi connectivity index (χ3v) is 5.40. The number of halogens is 5. The lowest BCUT2D eigenvalue weighted by Crippen LogP contribution is -2.33. The van der Waals surface area contributed by atoms with Crippen molar-refractivity contribution in [3.63, 3.8) is 0 Å². The molecular formula is C21H18Cl2F3N3OS. The molecule has 0 atom stereocenters. The highest BCUT2D eigenvalue weighted by Gasteiger charge is 2.31. The first-order chi connectivity index (χ1) is 14.6. The Morgan fingerprint density at radius 3 is 2.45 bits per heavy atom. The van der Waals surface area contributed by atoms with Crippen LogP contribution < -0.4 is 15.5 Å². The molecule has 0 unspecified atom stereocenters. The molecule has 1 aliphatic rings. The summed E-state index contributed by atoms with van der Waals surface area (Å²) in [5, 5.41) is 5.88. The third-order valence-electron chi connectivity index (χ3n) is 4.63. The Bertz CT molecular complexity index is 1020.